The first-order chi connectivity index (χ1) is 12.1. The topological polar surface area (TPSA) is 29.5 Å². The van der Waals surface area contributed by atoms with Crippen LogP contribution in [-0.4, -0.2) is 5.11 Å². The van der Waals surface area contributed by atoms with E-state index in [1.807, 2.05) is 24.3 Å². The maximum Gasteiger partial charge on any atom is 0.169 e. The van der Waals surface area contributed by atoms with E-state index in [1.54, 1.807) is 6.07 Å². The standard InChI is InChI=1S/C24H34O2/c1-7-8-9-16-24(5,6)18-10-13-20(14-11-18)26-22-17-19(23(2,3)4)12-15-21(22)25/h10-15,17,25H,7-9,16H2,1-6H3. The molecule has 0 aromatic heterocycles. The van der Waals surface area contributed by atoms with Gasteiger partial charge in [0.1, 0.15) is 5.75 Å². The zero-order chi connectivity index (χ0) is 19.4. The Morgan fingerprint density at radius 3 is 2.04 bits per heavy atom. The van der Waals surface area contributed by atoms with Crippen LogP contribution >= 0.6 is 0 Å². The average Bonchev–Trinajstić information content (AvgIpc) is 2.56. The third-order valence-corrected chi connectivity index (χ3v) is 5.09. The lowest BCUT2D eigenvalue weighted by Gasteiger charge is -2.25. The Balaban J connectivity index is 2.15. The normalized spacial score (nSPS) is 12.2. The van der Waals surface area contributed by atoms with Gasteiger partial charge < -0.3 is 9.84 Å². The maximum absolute atomic E-state index is 10.1. The largest absolute Gasteiger partial charge is 0.504 e. The molecule has 2 aromatic carbocycles. The van der Waals surface area contributed by atoms with Crippen molar-refractivity contribution < 1.29 is 9.84 Å². The van der Waals surface area contributed by atoms with E-state index in [-0.39, 0.29) is 16.6 Å². The molecule has 26 heavy (non-hydrogen) atoms. The lowest BCUT2D eigenvalue weighted by atomic mass is 9.80. The minimum atomic E-state index is 0.0121. The summed E-state index contributed by atoms with van der Waals surface area (Å²) < 4.78 is 5.96. The molecular weight excluding hydrogens is 320 g/mol. The first-order valence-electron chi connectivity index (χ1n) is 9.75. The van der Waals surface area contributed by atoms with Crippen molar-refractivity contribution in [2.45, 2.75) is 78.1 Å². The summed E-state index contributed by atoms with van der Waals surface area (Å²) >= 11 is 0. The van der Waals surface area contributed by atoms with Crippen LogP contribution in [-0.2, 0) is 10.8 Å². The van der Waals surface area contributed by atoms with Crippen LogP contribution in [0.25, 0.3) is 0 Å². The molecule has 0 amide bonds. The van der Waals surface area contributed by atoms with Crippen molar-refractivity contribution in [3.05, 3.63) is 53.6 Å². The van der Waals surface area contributed by atoms with Gasteiger partial charge in [-0.25, -0.2) is 0 Å². The zero-order valence-electron chi connectivity index (χ0n) is 17.2. The highest BCUT2D eigenvalue weighted by molar-refractivity contribution is 5.46. The van der Waals surface area contributed by atoms with Crippen molar-refractivity contribution in [3.8, 4) is 17.2 Å². The van der Waals surface area contributed by atoms with Crippen LogP contribution in [0.15, 0.2) is 42.5 Å². The number of hydrogen-bond acceptors (Lipinski definition) is 2. The minimum absolute atomic E-state index is 0.0121. The fourth-order valence-corrected chi connectivity index (χ4v) is 3.12. The van der Waals surface area contributed by atoms with E-state index in [9.17, 15) is 5.11 Å². The van der Waals surface area contributed by atoms with Crippen LogP contribution in [0.1, 0.15) is 78.4 Å². The van der Waals surface area contributed by atoms with Crippen LogP contribution in [0.3, 0.4) is 0 Å². The van der Waals surface area contributed by atoms with E-state index in [2.05, 4.69) is 53.7 Å². The molecule has 2 rings (SSSR count). The summed E-state index contributed by atoms with van der Waals surface area (Å²) in [5.74, 6) is 1.42. The second-order valence-electron chi connectivity index (χ2n) is 8.90. The average molecular weight is 355 g/mol. The smallest absolute Gasteiger partial charge is 0.169 e. The molecule has 0 atom stereocenters. The number of aromatic hydroxyl groups is 1. The summed E-state index contributed by atoms with van der Waals surface area (Å²) in [5, 5.41) is 10.1. The molecule has 0 aliphatic heterocycles. The van der Waals surface area contributed by atoms with Crippen LogP contribution in [0.5, 0.6) is 17.2 Å². The van der Waals surface area contributed by atoms with Gasteiger partial charge in [0, 0.05) is 0 Å². The molecular formula is C24H34O2. The van der Waals surface area contributed by atoms with Gasteiger partial charge >= 0.3 is 0 Å². The third-order valence-electron chi connectivity index (χ3n) is 5.09. The van der Waals surface area contributed by atoms with Gasteiger partial charge in [0.2, 0.25) is 0 Å². The van der Waals surface area contributed by atoms with Gasteiger partial charge in [-0.3, -0.25) is 0 Å². The van der Waals surface area contributed by atoms with Crippen LogP contribution in [0.4, 0.5) is 0 Å². The van der Waals surface area contributed by atoms with E-state index in [4.69, 9.17) is 4.74 Å². The second kappa shape index (κ2) is 8.16. The highest BCUT2D eigenvalue weighted by Gasteiger charge is 2.20. The summed E-state index contributed by atoms with van der Waals surface area (Å²) in [4.78, 5) is 0. The number of benzene rings is 2. The monoisotopic (exact) mass is 354 g/mol. The molecule has 0 aliphatic carbocycles. The van der Waals surface area contributed by atoms with Gasteiger partial charge in [0.25, 0.3) is 0 Å². The van der Waals surface area contributed by atoms with Crippen molar-refractivity contribution in [3.63, 3.8) is 0 Å². The summed E-state index contributed by atoms with van der Waals surface area (Å²) in [6, 6.07) is 13.9. The van der Waals surface area contributed by atoms with Gasteiger partial charge in [-0.15, -0.1) is 0 Å². The molecule has 2 nitrogen and oxygen atoms in total. The predicted molar refractivity (Wildman–Crippen MR) is 110 cm³/mol. The Bertz CT molecular complexity index is 706. The summed E-state index contributed by atoms with van der Waals surface area (Å²) in [6.07, 6.45) is 4.98. The molecule has 1 N–H and O–H groups in total. The molecule has 0 unspecified atom stereocenters. The SMILES string of the molecule is CCCCCC(C)(C)c1ccc(Oc2cc(C(C)(C)C)ccc2O)cc1. The van der Waals surface area contributed by atoms with Crippen LogP contribution in [0.2, 0.25) is 0 Å². The van der Waals surface area contributed by atoms with Gasteiger partial charge in [-0.2, -0.15) is 0 Å². The Hall–Kier alpha value is -1.96. The molecule has 142 valence electrons. The Kier molecular flexibility index (Phi) is 6.39. The molecule has 0 saturated carbocycles. The summed E-state index contributed by atoms with van der Waals surface area (Å²) in [6.45, 7) is 13.3. The molecule has 0 fully saturated rings. The van der Waals surface area contributed by atoms with Gasteiger partial charge in [0.15, 0.2) is 11.5 Å². The number of rotatable bonds is 7. The number of ether oxygens (including phenoxy) is 1. The second-order valence-corrected chi connectivity index (χ2v) is 8.90. The van der Waals surface area contributed by atoms with Crippen LogP contribution < -0.4 is 4.74 Å². The molecule has 0 radical (unpaired) electrons. The lowest BCUT2D eigenvalue weighted by molar-refractivity contribution is 0.408. The van der Waals surface area contributed by atoms with E-state index < -0.39 is 0 Å². The first-order valence-corrected chi connectivity index (χ1v) is 9.75. The summed E-state index contributed by atoms with van der Waals surface area (Å²) in [5.41, 5.74) is 2.65. The minimum Gasteiger partial charge on any atom is -0.504 e. The maximum atomic E-state index is 10.1. The van der Waals surface area contributed by atoms with Crippen molar-refractivity contribution in [2.75, 3.05) is 0 Å². The van der Waals surface area contributed by atoms with Crippen molar-refractivity contribution in [2.24, 2.45) is 0 Å². The van der Waals surface area contributed by atoms with Crippen molar-refractivity contribution in [1.29, 1.82) is 0 Å². The van der Waals surface area contributed by atoms with Gasteiger partial charge in [-0.05, 0) is 52.6 Å². The van der Waals surface area contributed by atoms with Gasteiger partial charge in [-0.1, -0.05) is 79.0 Å². The predicted octanol–water partition coefficient (Wildman–Crippen LogP) is 7.34. The number of phenols is 1. The lowest BCUT2D eigenvalue weighted by Crippen LogP contribution is -2.16. The summed E-state index contributed by atoms with van der Waals surface area (Å²) in [7, 11) is 0. The van der Waals surface area contributed by atoms with Crippen molar-refractivity contribution >= 4 is 0 Å². The number of unbranched alkanes of at least 4 members (excludes halogenated alkanes) is 2. The molecule has 0 spiro atoms. The fraction of sp³-hybridized carbons (Fsp3) is 0.500. The first kappa shape index (κ1) is 20.4. The molecule has 0 saturated heterocycles. The van der Waals surface area contributed by atoms with E-state index in [0.29, 0.717) is 5.75 Å². The molecule has 0 aliphatic rings. The molecule has 2 aromatic rings. The van der Waals surface area contributed by atoms with Crippen molar-refractivity contribution in [1.82, 2.24) is 0 Å². The fourth-order valence-electron chi connectivity index (χ4n) is 3.12. The van der Waals surface area contributed by atoms with E-state index in [1.165, 1.54) is 31.2 Å². The zero-order valence-corrected chi connectivity index (χ0v) is 17.2. The van der Waals surface area contributed by atoms with Crippen LogP contribution in [0, 0.1) is 0 Å². The Morgan fingerprint density at radius 2 is 1.46 bits per heavy atom. The van der Waals surface area contributed by atoms with E-state index in [0.717, 1.165) is 11.3 Å². The molecule has 2 heteroatoms. The quantitative estimate of drug-likeness (QED) is 0.527. The molecule has 0 bridgehead atoms. The number of phenolic OH excluding ortho intramolecular Hbond substituents is 1. The van der Waals surface area contributed by atoms with Gasteiger partial charge in [0.05, 0.1) is 0 Å². The third kappa shape index (κ3) is 5.27. The highest BCUT2D eigenvalue weighted by atomic mass is 16.5. The Morgan fingerprint density at radius 1 is 0.846 bits per heavy atom. The highest BCUT2D eigenvalue weighted by Crippen LogP contribution is 2.36. The molecule has 0 heterocycles. The Labute approximate surface area is 159 Å². The van der Waals surface area contributed by atoms with E-state index >= 15 is 0 Å². The number of hydrogen-bond donors (Lipinski definition) is 1.